The highest BCUT2D eigenvalue weighted by atomic mass is 32.2. The van der Waals surface area contributed by atoms with Crippen LogP contribution in [0.4, 0.5) is 0 Å². The molecule has 1 aromatic rings. The molecule has 0 saturated carbocycles. The molecule has 0 aromatic carbocycles. The van der Waals surface area contributed by atoms with Gasteiger partial charge in [0.1, 0.15) is 0 Å². The second-order valence-electron chi connectivity index (χ2n) is 6.14. The van der Waals surface area contributed by atoms with E-state index in [0.717, 1.165) is 5.56 Å². The number of esters is 1. The molecular weight excluding hydrogens is 338 g/mol. The molecule has 0 spiro atoms. The van der Waals surface area contributed by atoms with E-state index in [0.29, 0.717) is 19.5 Å². The van der Waals surface area contributed by atoms with Gasteiger partial charge < -0.3 is 9.64 Å². The van der Waals surface area contributed by atoms with E-state index in [1.807, 2.05) is 16.8 Å². The van der Waals surface area contributed by atoms with E-state index in [1.165, 1.54) is 7.11 Å². The Morgan fingerprint density at radius 2 is 2.13 bits per heavy atom. The van der Waals surface area contributed by atoms with E-state index in [2.05, 4.69) is 0 Å². The van der Waals surface area contributed by atoms with Gasteiger partial charge in [-0.3, -0.25) is 9.59 Å². The Morgan fingerprint density at radius 1 is 1.35 bits per heavy atom. The van der Waals surface area contributed by atoms with E-state index < -0.39 is 21.7 Å². The monoisotopic (exact) mass is 357 g/mol. The van der Waals surface area contributed by atoms with Crippen LogP contribution in [0, 0.1) is 11.8 Å². The van der Waals surface area contributed by atoms with E-state index in [-0.39, 0.29) is 29.3 Å². The predicted molar refractivity (Wildman–Crippen MR) is 85.9 cm³/mol. The molecule has 1 aromatic heterocycles. The molecule has 2 aliphatic rings. The minimum atomic E-state index is -3.10. The van der Waals surface area contributed by atoms with Crippen molar-refractivity contribution in [2.24, 2.45) is 11.8 Å². The SMILES string of the molecule is COC(=O)C1CN(C(=O)C2CCS(=O)(=O)C2)CC1c1ccsc1. The maximum absolute atomic E-state index is 12.6. The number of hydrogen-bond donors (Lipinski definition) is 0. The van der Waals surface area contributed by atoms with Crippen molar-refractivity contribution in [3.63, 3.8) is 0 Å². The highest BCUT2D eigenvalue weighted by Gasteiger charge is 2.44. The summed E-state index contributed by atoms with van der Waals surface area (Å²) in [6, 6.07) is 1.96. The van der Waals surface area contributed by atoms with E-state index in [1.54, 1.807) is 16.2 Å². The molecule has 0 aliphatic carbocycles. The first-order chi connectivity index (χ1) is 10.9. The molecule has 126 valence electrons. The minimum Gasteiger partial charge on any atom is -0.469 e. The van der Waals surface area contributed by atoms with Gasteiger partial charge in [-0.15, -0.1) is 0 Å². The molecule has 1 amide bonds. The van der Waals surface area contributed by atoms with Gasteiger partial charge in [-0.1, -0.05) is 0 Å². The van der Waals surface area contributed by atoms with Crippen molar-refractivity contribution in [1.29, 1.82) is 0 Å². The summed E-state index contributed by atoms with van der Waals surface area (Å²) in [5, 5.41) is 3.92. The third-order valence-corrected chi connectivity index (χ3v) is 7.16. The molecule has 3 heterocycles. The molecule has 0 radical (unpaired) electrons. The number of rotatable bonds is 3. The average Bonchev–Trinajstić information content (AvgIpc) is 3.23. The second-order valence-corrected chi connectivity index (χ2v) is 9.14. The van der Waals surface area contributed by atoms with Crippen molar-refractivity contribution in [3.8, 4) is 0 Å². The molecule has 6 nitrogen and oxygen atoms in total. The largest absolute Gasteiger partial charge is 0.469 e. The number of amides is 1. The number of nitrogens with zero attached hydrogens (tertiary/aromatic N) is 1. The second kappa shape index (κ2) is 6.24. The van der Waals surface area contributed by atoms with Crippen LogP contribution in [0.25, 0.3) is 0 Å². The maximum atomic E-state index is 12.6. The van der Waals surface area contributed by atoms with Crippen LogP contribution in [-0.2, 0) is 24.2 Å². The summed E-state index contributed by atoms with van der Waals surface area (Å²) >= 11 is 1.55. The summed E-state index contributed by atoms with van der Waals surface area (Å²) in [4.78, 5) is 26.3. The topological polar surface area (TPSA) is 80.8 Å². The van der Waals surface area contributed by atoms with Gasteiger partial charge in [0.2, 0.25) is 5.91 Å². The molecule has 23 heavy (non-hydrogen) atoms. The number of carbonyl (C=O) groups excluding carboxylic acids is 2. The molecule has 3 atom stereocenters. The van der Waals surface area contributed by atoms with Gasteiger partial charge in [-0.05, 0) is 28.8 Å². The Kier molecular flexibility index (Phi) is 4.46. The van der Waals surface area contributed by atoms with Gasteiger partial charge in [0.15, 0.2) is 9.84 Å². The van der Waals surface area contributed by atoms with Gasteiger partial charge in [-0.2, -0.15) is 11.3 Å². The third-order valence-electron chi connectivity index (χ3n) is 4.69. The third kappa shape index (κ3) is 3.28. The number of ether oxygens (including phenoxy) is 1. The lowest BCUT2D eigenvalue weighted by Gasteiger charge is -2.19. The summed E-state index contributed by atoms with van der Waals surface area (Å²) in [7, 11) is -1.75. The van der Waals surface area contributed by atoms with Gasteiger partial charge in [0, 0.05) is 19.0 Å². The highest BCUT2D eigenvalue weighted by Crippen LogP contribution is 2.36. The van der Waals surface area contributed by atoms with Gasteiger partial charge >= 0.3 is 5.97 Å². The summed E-state index contributed by atoms with van der Waals surface area (Å²) in [6.45, 7) is 0.731. The number of carbonyl (C=O) groups is 2. The van der Waals surface area contributed by atoms with Gasteiger partial charge in [-0.25, -0.2) is 8.42 Å². The number of sulfone groups is 1. The Balaban J connectivity index is 1.77. The molecule has 2 fully saturated rings. The fraction of sp³-hybridized carbons (Fsp3) is 0.600. The van der Waals surface area contributed by atoms with Crippen LogP contribution in [0.2, 0.25) is 0 Å². The molecule has 3 rings (SSSR count). The zero-order chi connectivity index (χ0) is 16.6. The summed E-state index contributed by atoms with van der Waals surface area (Å²) in [5.74, 6) is -1.43. The maximum Gasteiger partial charge on any atom is 0.311 e. The normalized spacial score (nSPS) is 29.6. The smallest absolute Gasteiger partial charge is 0.311 e. The quantitative estimate of drug-likeness (QED) is 0.751. The summed E-state index contributed by atoms with van der Waals surface area (Å²) in [5.41, 5.74) is 1.03. The van der Waals surface area contributed by atoms with Crippen molar-refractivity contribution in [3.05, 3.63) is 22.4 Å². The Morgan fingerprint density at radius 3 is 2.70 bits per heavy atom. The fourth-order valence-corrected chi connectivity index (χ4v) is 5.90. The van der Waals surface area contributed by atoms with Crippen LogP contribution < -0.4 is 0 Å². The Labute approximate surface area is 139 Å². The van der Waals surface area contributed by atoms with Crippen molar-refractivity contribution in [1.82, 2.24) is 4.90 Å². The summed E-state index contributed by atoms with van der Waals surface area (Å²) < 4.78 is 28.1. The van der Waals surface area contributed by atoms with E-state index in [4.69, 9.17) is 4.74 Å². The average molecular weight is 357 g/mol. The summed E-state index contributed by atoms with van der Waals surface area (Å²) in [6.07, 6.45) is 0.379. The van der Waals surface area contributed by atoms with Crippen LogP contribution in [0.1, 0.15) is 17.9 Å². The van der Waals surface area contributed by atoms with Crippen LogP contribution in [0.5, 0.6) is 0 Å². The highest BCUT2D eigenvalue weighted by molar-refractivity contribution is 7.91. The van der Waals surface area contributed by atoms with Gasteiger partial charge in [0.05, 0.1) is 30.5 Å². The number of methoxy groups -OCH3 is 1. The van der Waals surface area contributed by atoms with Crippen molar-refractivity contribution in [2.75, 3.05) is 31.7 Å². The van der Waals surface area contributed by atoms with Crippen molar-refractivity contribution in [2.45, 2.75) is 12.3 Å². The lowest BCUT2D eigenvalue weighted by Crippen LogP contribution is -2.35. The van der Waals surface area contributed by atoms with Crippen molar-refractivity contribution < 1.29 is 22.7 Å². The van der Waals surface area contributed by atoms with Crippen LogP contribution in [-0.4, -0.2) is 56.9 Å². The number of hydrogen-bond acceptors (Lipinski definition) is 6. The first-order valence-corrected chi connectivity index (χ1v) is 10.3. The molecule has 2 aliphatic heterocycles. The number of thiophene rings is 1. The molecule has 3 unspecified atom stereocenters. The Hall–Kier alpha value is -1.41. The predicted octanol–water partition coefficient (Wildman–Crippen LogP) is 0.898. The molecule has 0 N–H and O–H groups in total. The first-order valence-electron chi connectivity index (χ1n) is 7.50. The first kappa shape index (κ1) is 16.4. The lowest BCUT2D eigenvalue weighted by atomic mass is 9.91. The molecule has 0 bridgehead atoms. The fourth-order valence-electron chi connectivity index (χ4n) is 3.45. The zero-order valence-corrected chi connectivity index (χ0v) is 14.4. The van der Waals surface area contributed by atoms with E-state index in [9.17, 15) is 18.0 Å². The number of likely N-dealkylation sites (tertiary alicyclic amines) is 1. The molecule has 2 saturated heterocycles. The van der Waals surface area contributed by atoms with Crippen LogP contribution in [0.3, 0.4) is 0 Å². The van der Waals surface area contributed by atoms with Gasteiger partial charge in [0.25, 0.3) is 0 Å². The lowest BCUT2D eigenvalue weighted by molar-refractivity contribution is -0.145. The van der Waals surface area contributed by atoms with Crippen molar-refractivity contribution >= 4 is 33.1 Å². The Bertz CT molecular complexity index is 697. The molecular formula is C15H19NO5S2. The van der Waals surface area contributed by atoms with Crippen LogP contribution >= 0.6 is 11.3 Å². The molecule has 8 heteroatoms. The standard InChI is InChI=1S/C15H19NO5S2/c1-21-15(18)13-7-16(6-12(13)10-2-4-22-8-10)14(17)11-3-5-23(19,20)9-11/h2,4,8,11-13H,3,5-7,9H2,1H3. The zero-order valence-electron chi connectivity index (χ0n) is 12.8. The minimum absolute atomic E-state index is 0.0750. The van der Waals surface area contributed by atoms with E-state index >= 15 is 0 Å². The van der Waals surface area contributed by atoms with Crippen LogP contribution in [0.15, 0.2) is 16.8 Å².